The van der Waals surface area contributed by atoms with Crippen LogP contribution in [0, 0.1) is 0 Å². The molecule has 0 aliphatic carbocycles. The molecular formula is C18H20ClN3O2S. The first-order valence-electron chi connectivity index (χ1n) is 7.45. The number of nitrogens with zero attached hydrogens (tertiary/aromatic N) is 1. The van der Waals surface area contributed by atoms with Crippen molar-refractivity contribution in [2.75, 3.05) is 30.5 Å². The van der Waals surface area contributed by atoms with Crippen LogP contribution in [0.1, 0.15) is 0 Å². The minimum atomic E-state index is -3.72. The molecule has 5 nitrogen and oxygen atoms in total. The van der Waals surface area contributed by atoms with Gasteiger partial charge >= 0.3 is 0 Å². The van der Waals surface area contributed by atoms with E-state index in [0.29, 0.717) is 5.39 Å². The molecule has 3 aromatic rings. The molecule has 0 bridgehead atoms. The highest BCUT2D eigenvalue weighted by Crippen LogP contribution is 2.31. The third-order valence-corrected chi connectivity index (χ3v) is 4.92. The number of fused-ring (bicyclic) bond motifs is 1. The average molecular weight is 378 g/mol. The highest BCUT2D eigenvalue weighted by Gasteiger charge is 2.15. The summed E-state index contributed by atoms with van der Waals surface area (Å²) in [6.07, 6.45) is 0. The lowest BCUT2D eigenvalue weighted by Gasteiger charge is -2.16. The maximum Gasteiger partial charge on any atom is 0.261 e. The Morgan fingerprint density at radius 3 is 1.76 bits per heavy atom. The molecule has 0 radical (unpaired) electrons. The lowest BCUT2D eigenvalue weighted by atomic mass is 10.1. The van der Waals surface area contributed by atoms with Crippen molar-refractivity contribution < 1.29 is 8.42 Å². The Kier molecular flexibility index (Phi) is 5.77. The van der Waals surface area contributed by atoms with Crippen molar-refractivity contribution in [3.63, 3.8) is 0 Å². The number of benzene rings is 3. The van der Waals surface area contributed by atoms with Gasteiger partial charge in [0.25, 0.3) is 9.05 Å². The van der Waals surface area contributed by atoms with Crippen LogP contribution in [-0.4, -0.2) is 22.5 Å². The van der Waals surface area contributed by atoms with Gasteiger partial charge in [-0.3, -0.25) is 0 Å². The minimum absolute atomic E-state index is 0.153. The van der Waals surface area contributed by atoms with Crippen molar-refractivity contribution in [2.45, 2.75) is 4.90 Å². The smallest absolute Gasteiger partial charge is 0.261 e. The van der Waals surface area contributed by atoms with Crippen molar-refractivity contribution in [2.24, 2.45) is 0 Å². The number of nitrogens with two attached hydrogens (primary N) is 2. The molecule has 0 atom stereocenters. The minimum Gasteiger partial charge on any atom is -0.399 e. The van der Waals surface area contributed by atoms with Crippen LogP contribution in [0.5, 0.6) is 0 Å². The zero-order valence-electron chi connectivity index (χ0n) is 14.0. The van der Waals surface area contributed by atoms with Crippen LogP contribution in [0.15, 0.2) is 65.6 Å². The number of nitrogen functional groups attached to an aromatic ring is 2. The van der Waals surface area contributed by atoms with Gasteiger partial charge in [-0.05, 0) is 36.4 Å². The molecule has 0 unspecified atom stereocenters. The van der Waals surface area contributed by atoms with Crippen molar-refractivity contribution in [3.8, 4) is 0 Å². The normalized spacial score (nSPS) is 10.8. The Hall–Kier alpha value is -2.44. The SMILES string of the molecule is CN(C)c1cccc2c(S(=O)(=O)Cl)cccc12.Nc1ccc(N)cc1. The van der Waals surface area contributed by atoms with Crippen LogP contribution in [0.2, 0.25) is 0 Å². The van der Waals surface area contributed by atoms with Gasteiger partial charge in [-0.2, -0.15) is 0 Å². The maximum absolute atomic E-state index is 11.5. The van der Waals surface area contributed by atoms with Gasteiger partial charge in [0.05, 0.1) is 4.90 Å². The summed E-state index contributed by atoms with van der Waals surface area (Å²) < 4.78 is 23.0. The maximum atomic E-state index is 11.5. The highest BCUT2D eigenvalue weighted by molar-refractivity contribution is 8.14. The summed E-state index contributed by atoms with van der Waals surface area (Å²) in [5.41, 5.74) is 13.2. The number of hydrogen-bond acceptors (Lipinski definition) is 5. The van der Waals surface area contributed by atoms with Gasteiger partial charge in [-0.1, -0.05) is 24.3 Å². The first-order valence-corrected chi connectivity index (χ1v) is 9.76. The lowest BCUT2D eigenvalue weighted by Crippen LogP contribution is -2.09. The molecule has 3 aromatic carbocycles. The first kappa shape index (κ1) is 18.9. The fourth-order valence-corrected chi connectivity index (χ4v) is 3.45. The molecule has 0 aliphatic rings. The van der Waals surface area contributed by atoms with Gasteiger partial charge < -0.3 is 16.4 Å². The van der Waals surface area contributed by atoms with E-state index in [0.717, 1.165) is 22.4 Å². The van der Waals surface area contributed by atoms with Crippen LogP contribution in [0.25, 0.3) is 10.8 Å². The van der Waals surface area contributed by atoms with Gasteiger partial charge in [0.1, 0.15) is 0 Å². The third-order valence-electron chi connectivity index (χ3n) is 3.54. The summed E-state index contributed by atoms with van der Waals surface area (Å²) in [4.78, 5) is 2.09. The van der Waals surface area contributed by atoms with E-state index >= 15 is 0 Å². The van der Waals surface area contributed by atoms with Crippen molar-refractivity contribution >= 4 is 47.6 Å². The van der Waals surface area contributed by atoms with Gasteiger partial charge in [0.15, 0.2) is 0 Å². The Labute approximate surface area is 152 Å². The second-order valence-electron chi connectivity index (χ2n) is 5.63. The number of rotatable bonds is 2. The molecule has 3 rings (SSSR count). The van der Waals surface area contributed by atoms with E-state index in [4.69, 9.17) is 22.1 Å². The topological polar surface area (TPSA) is 89.4 Å². The van der Waals surface area contributed by atoms with Gasteiger partial charge in [-0.15, -0.1) is 0 Å². The van der Waals surface area contributed by atoms with Gasteiger partial charge in [0.2, 0.25) is 0 Å². The molecule has 0 heterocycles. The summed E-state index contributed by atoms with van der Waals surface area (Å²) in [5.74, 6) is 0. The Balaban J connectivity index is 0.000000236. The van der Waals surface area contributed by atoms with Crippen LogP contribution < -0.4 is 16.4 Å². The molecule has 25 heavy (non-hydrogen) atoms. The summed E-state index contributed by atoms with van der Waals surface area (Å²) >= 11 is 0. The van der Waals surface area contributed by atoms with Gasteiger partial charge in [-0.25, -0.2) is 8.42 Å². The van der Waals surface area contributed by atoms with Crippen molar-refractivity contribution in [1.82, 2.24) is 0 Å². The number of halogens is 1. The Morgan fingerprint density at radius 2 is 1.28 bits per heavy atom. The van der Waals surface area contributed by atoms with Crippen LogP contribution in [0.4, 0.5) is 17.1 Å². The molecule has 0 aliphatic heterocycles. The molecule has 132 valence electrons. The molecular weight excluding hydrogens is 358 g/mol. The van der Waals surface area contributed by atoms with E-state index in [1.807, 2.05) is 37.2 Å². The molecule has 0 amide bonds. The summed E-state index contributed by atoms with van der Waals surface area (Å²) in [6.45, 7) is 0. The van der Waals surface area contributed by atoms with Crippen molar-refractivity contribution in [1.29, 1.82) is 0 Å². The first-order chi connectivity index (χ1) is 11.7. The molecule has 7 heteroatoms. The number of anilines is 3. The molecule has 0 aromatic heterocycles. The van der Waals surface area contributed by atoms with E-state index in [2.05, 4.69) is 0 Å². The summed E-state index contributed by atoms with van der Waals surface area (Å²) in [5, 5.41) is 1.52. The largest absolute Gasteiger partial charge is 0.399 e. The number of hydrogen-bond donors (Lipinski definition) is 2. The predicted molar refractivity (Wildman–Crippen MR) is 107 cm³/mol. The fraction of sp³-hybridized carbons (Fsp3) is 0.111. The Morgan fingerprint density at radius 1 is 0.800 bits per heavy atom. The molecule has 4 N–H and O–H groups in total. The molecule has 0 saturated carbocycles. The Bertz CT molecular complexity index is 950. The second kappa shape index (κ2) is 7.63. The standard InChI is InChI=1S/C12H12ClNO2S.C6H8N2/c1-14(2)11-7-3-6-10-9(11)5-4-8-12(10)17(13,15)16;7-5-1-2-6(8)4-3-5/h3-8H,1-2H3;1-4H,7-8H2. The highest BCUT2D eigenvalue weighted by atomic mass is 35.7. The molecule has 0 saturated heterocycles. The van der Waals surface area contributed by atoms with E-state index < -0.39 is 9.05 Å². The third kappa shape index (κ3) is 4.78. The monoisotopic (exact) mass is 377 g/mol. The molecule has 0 spiro atoms. The summed E-state index contributed by atoms with van der Waals surface area (Å²) in [6, 6.07) is 17.7. The van der Waals surface area contributed by atoms with Crippen LogP contribution >= 0.6 is 10.7 Å². The zero-order valence-corrected chi connectivity index (χ0v) is 15.6. The van der Waals surface area contributed by atoms with Crippen molar-refractivity contribution in [3.05, 3.63) is 60.7 Å². The average Bonchev–Trinajstić information content (AvgIpc) is 2.56. The van der Waals surface area contributed by atoms with Crippen LogP contribution in [-0.2, 0) is 9.05 Å². The predicted octanol–water partition coefficient (Wildman–Crippen LogP) is 3.68. The van der Waals surface area contributed by atoms with E-state index in [9.17, 15) is 8.42 Å². The van der Waals surface area contributed by atoms with Crippen LogP contribution in [0.3, 0.4) is 0 Å². The van der Waals surface area contributed by atoms with E-state index in [-0.39, 0.29) is 4.90 Å². The molecule has 0 fully saturated rings. The second-order valence-corrected chi connectivity index (χ2v) is 8.16. The van der Waals surface area contributed by atoms with Gasteiger partial charge in [0, 0.05) is 52.6 Å². The summed E-state index contributed by atoms with van der Waals surface area (Å²) in [7, 11) is 5.54. The van der Waals surface area contributed by atoms with E-state index in [1.54, 1.807) is 36.4 Å². The van der Waals surface area contributed by atoms with E-state index in [1.165, 1.54) is 6.07 Å². The zero-order chi connectivity index (χ0) is 18.6. The lowest BCUT2D eigenvalue weighted by molar-refractivity contribution is 0.610. The quantitative estimate of drug-likeness (QED) is 0.525. The fourth-order valence-electron chi connectivity index (χ4n) is 2.36.